The van der Waals surface area contributed by atoms with Crippen molar-refractivity contribution in [3.63, 3.8) is 0 Å². The zero-order chi connectivity index (χ0) is 24.0. The van der Waals surface area contributed by atoms with Crippen molar-refractivity contribution >= 4 is 15.9 Å². The van der Waals surface area contributed by atoms with E-state index in [1.165, 1.54) is 31.4 Å². The van der Waals surface area contributed by atoms with E-state index < -0.39 is 10.0 Å². The number of carbonyl (C=O) groups excluding carboxylic acids is 1. The normalized spacial score (nSPS) is 29.8. The predicted octanol–water partition coefficient (Wildman–Crippen LogP) is 1.78. The lowest BCUT2D eigenvalue weighted by Gasteiger charge is -2.40. The maximum atomic E-state index is 13.2. The quantitative estimate of drug-likeness (QED) is 0.490. The molecule has 2 saturated heterocycles. The molecule has 2 heterocycles. The van der Waals surface area contributed by atoms with Crippen LogP contribution >= 0.6 is 0 Å². The molecule has 0 spiro atoms. The second-order valence-corrected chi connectivity index (χ2v) is 12.7. The van der Waals surface area contributed by atoms with Crippen LogP contribution in [0.25, 0.3) is 0 Å². The van der Waals surface area contributed by atoms with Crippen molar-refractivity contribution in [1.29, 1.82) is 0 Å². The molecule has 33 heavy (non-hydrogen) atoms. The van der Waals surface area contributed by atoms with Crippen LogP contribution in [0.15, 0.2) is 11.6 Å². The standard InChI is InChI=1S/C25H46N4O3S/c1-5-14-33(31,32)27-18-22-15-20(4)21(16-23(22)19(2)3)17-25(30)29-12-10-28(11-13-29)24-8-6-7-9-26-24/h15,19,21-24,26-27H,5-14,16-18H2,1-4H3/p+1. The van der Waals surface area contributed by atoms with Crippen LogP contribution in [0.3, 0.4) is 0 Å². The fraction of sp³-hybridized carbons (Fsp3) is 0.880. The van der Waals surface area contributed by atoms with E-state index in [1.54, 1.807) is 0 Å². The summed E-state index contributed by atoms with van der Waals surface area (Å²) in [4.78, 5) is 17.8. The summed E-state index contributed by atoms with van der Waals surface area (Å²) in [6, 6.07) is 0. The third kappa shape index (κ3) is 7.51. The van der Waals surface area contributed by atoms with Crippen molar-refractivity contribution in [1.82, 2.24) is 14.5 Å². The Morgan fingerprint density at radius 1 is 1.21 bits per heavy atom. The van der Waals surface area contributed by atoms with Crippen molar-refractivity contribution in [2.45, 2.75) is 72.4 Å². The third-order valence-electron chi connectivity index (χ3n) is 8.05. The number of rotatable bonds is 9. The van der Waals surface area contributed by atoms with Gasteiger partial charge in [0.1, 0.15) is 6.17 Å². The first kappa shape index (κ1) is 26.6. The van der Waals surface area contributed by atoms with Crippen LogP contribution in [-0.4, -0.2) is 75.3 Å². The maximum Gasteiger partial charge on any atom is 0.223 e. The highest BCUT2D eigenvalue weighted by molar-refractivity contribution is 7.89. The Hall–Kier alpha value is -0.960. The Kier molecular flexibility index (Phi) is 9.80. The minimum absolute atomic E-state index is 0.179. The Labute approximate surface area is 201 Å². The summed E-state index contributed by atoms with van der Waals surface area (Å²) in [7, 11) is -3.20. The molecule has 8 heteroatoms. The van der Waals surface area contributed by atoms with E-state index in [0.717, 1.165) is 32.6 Å². The Morgan fingerprint density at radius 3 is 2.55 bits per heavy atom. The number of allylic oxidation sites excluding steroid dienone is 1. The molecule has 0 saturated carbocycles. The number of piperidine rings is 1. The number of nitrogens with two attached hydrogens (primary N) is 1. The largest absolute Gasteiger partial charge is 0.340 e. The minimum atomic E-state index is -3.20. The molecule has 3 aliphatic rings. The van der Waals surface area contributed by atoms with Gasteiger partial charge in [-0.1, -0.05) is 32.4 Å². The van der Waals surface area contributed by atoms with Gasteiger partial charge in [-0.2, -0.15) is 0 Å². The van der Waals surface area contributed by atoms with Crippen molar-refractivity contribution < 1.29 is 18.5 Å². The van der Waals surface area contributed by atoms with E-state index in [1.807, 2.05) is 6.92 Å². The Balaban J connectivity index is 1.54. The second-order valence-electron chi connectivity index (χ2n) is 10.8. The summed E-state index contributed by atoms with van der Waals surface area (Å²) in [5.41, 5.74) is 1.25. The van der Waals surface area contributed by atoms with Gasteiger partial charge in [0.15, 0.2) is 0 Å². The lowest BCUT2D eigenvalue weighted by atomic mass is 9.70. The number of nitrogens with zero attached hydrogens (tertiary/aromatic N) is 2. The molecule has 2 aliphatic heterocycles. The molecule has 3 rings (SSSR count). The summed E-state index contributed by atoms with van der Waals surface area (Å²) < 4.78 is 27.1. The average molecular weight is 484 g/mol. The summed E-state index contributed by atoms with van der Waals surface area (Å²) in [6.07, 6.45) is 8.94. The maximum absolute atomic E-state index is 13.2. The van der Waals surface area contributed by atoms with E-state index in [4.69, 9.17) is 0 Å². The third-order valence-corrected chi connectivity index (χ3v) is 9.60. The second kappa shape index (κ2) is 12.1. The van der Waals surface area contributed by atoms with Crippen molar-refractivity contribution in [2.75, 3.05) is 45.0 Å². The van der Waals surface area contributed by atoms with Crippen LogP contribution in [-0.2, 0) is 14.8 Å². The number of amides is 1. The molecule has 3 N–H and O–H groups in total. The van der Waals surface area contributed by atoms with Crippen LogP contribution in [0, 0.1) is 23.7 Å². The van der Waals surface area contributed by atoms with E-state index in [9.17, 15) is 13.2 Å². The molecule has 0 bridgehead atoms. The molecule has 4 unspecified atom stereocenters. The van der Waals surface area contributed by atoms with Gasteiger partial charge in [0, 0.05) is 45.6 Å². The molecule has 0 aromatic rings. The summed E-state index contributed by atoms with van der Waals surface area (Å²) in [5, 5.41) is 2.47. The Bertz CT molecular complexity index is 769. The number of hydrogen-bond donors (Lipinski definition) is 2. The monoisotopic (exact) mass is 483 g/mol. The molecule has 0 radical (unpaired) electrons. The molecular formula is C25H47N4O3S+. The molecule has 7 nitrogen and oxygen atoms in total. The van der Waals surface area contributed by atoms with Gasteiger partial charge in [0.05, 0.1) is 12.3 Å². The summed E-state index contributed by atoms with van der Waals surface area (Å²) in [5.74, 6) is 1.75. The SMILES string of the molecule is CCCS(=O)(=O)NCC1C=C(C)C(CC(=O)N2CCN(C3CCCC[NH2+]3)CC2)CC1C(C)C. The number of quaternary nitrogens is 1. The molecule has 1 aliphatic carbocycles. The molecule has 0 aromatic heterocycles. The fourth-order valence-corrected chi connectivity index (χ4v) is 7.10. The highest BCUT2D eigenvalue weighted by Gasteiger charge is 2.35. The number of piperazine rings is 1. The smallest absolute Gasteiger partial charge is 0.223 e. The van der Waals surface area contributed by atoms with E-state index in [-0.39, 0.29) is 23.5 Å². The zero-order valence-corrected chi connectivity index (χ0v) is 22.1. The molecule has 2 fully saturated rings. The van der Waals surface area contributed by atoms with Gasteiger partial charge in [-0.15, -0.1) is 0 Å². The first-order valence-electron chi connectivity index (χ1n) is 13.2. The van der Waals surface area contributed by atoms with Gasteiger partial charge in [0.25, 0.3) is 0 Å². The molecule has 1 amide bonds. The van der Waals surface area contributed by atoms with Crippen LogP contribution in [0.1, 0.15) is 66.2 Å². The van der Waals surface area contributed by atoms with E-state index in [2.05, 4.69) is 46.7 Å². The van der Waals surface area contributed by atoms with Crippen molar-refractivity contribution in [3.8, 4) is 0 Å². The summed E-state index contributed by atoms with van der Waals surface area (Å²) in [6.45, 7) is 13.8. The van der Waals surface area contributed by atoms with E-state index in [0.29, 0.717) is 37.4 Å². The number of hydrogen-bond acceptors (Lipinski definition) is 4. The van der Waals surface area contributed by atoms with Crippen LogP contribution < -0.4 is 10.0 Å². The number of nitrogens with one attached hydrogen (secondary N) is 1. The number of sulfonamides is 1. The lowest BCUT2D eigenvalue weighted by Crippen LogP contribution is -2.95. The molecule has 4 atom stereocenters. The van der Waals surface area contributed by atoms with Crippen LogP contribution in [0.4, 0.5) is 0 Å². The van der Waals surface area contributed by atoms with Gasteiger partial charge in [0.2, 0.25) is 15.9 Å². The van der Waals surface area contributed by atoms with Gasteiger partial charge < -0.3 is 10.2 Å². The molecule has 190 valence electrons. The van der Waals surface area contributed by atoms with Gasteiger partial charge in [-0.3, -0.25) is 9.69 Å². The zero-order valence-electron chi connectivity index (χ0n) is 21.3. The first-order chi connectivity index (χ1) is 15.7. The van der Waals surface area contributed by atoms with Crippen LogP contribution in [0.2, 0.25) is 0 Å². The van der Waals surface area contributed by atoms with Crippen molar-refractivity contribution in [3.05, 3.63) is 11.6 Å². The highest BCUT2D eigenvalue weighted by atomic mass is 32.2. The average Bonchev–Trinajstić information content (AvgIpc) is 2.79. The number of carbonyl (C=O) groups is 1. The first-order valence-corrected chi connectivity index (χ1v) is 14.9. The van der Waals surface area contributed by atoms with Gasteiger partial charge in [-0.05, 0) is 56.3 Å². The predicted molar refractivity (Wildman–Crippen MR) is 133 cm³/mol. The topological polar surface area (TPSA) is 86.3 Å². The lowest BCUT2D eigenvalue weighted by molar-refractivity contribution is -0.717. The Morgan fingerprint density at radius 2 is 1.94 bits per heavy atom. The molecular weight excluding hydrogens is 436 g/mol. The highest BCUT2D eigenvalue weighted by Crippen LogP contribution is 2.39. The van der Waals surface area contributed by atoms with E-state index >= 15 is 0 Å². The van der Waals surface area contributed by atoms with Crippen LogP contribution in [0.5, 0.6) is 0 Å². The fourth-order valence-electron chi connectivity index (χ4n) is 5.97. The van der Waals surface area contributed by atoms with Gasteiger partial charge in [-0.25, -0.2) is 13.1 Å². The minimum Gasteiger partial charge on any atom is -0.340 e. The van der Waals surface area contributed by atoms with Crippen molar-refractivity contribution in [2.24, 2.45) is 23.7 Å². The van der Waals surface area contributed by atoms with Gasteiger partial charge >= 0.3 is 0 Å². The summed E-state index contributed by atoms with van der Waals surface area (Å²) >= 11 is 0. The molecule has 0 aromatic carbocycles.